The SMILES string of the molecule is CC1C2NC(=S)N(C)C1(C)Oc1c(Cl)cc(Cl)cc12. The van der Waals surface area contributed by atoms with E-state index < -0.39 is 5.72 Å². The maximum atomic E-state index is 6.26. The highest BCUT2D eigenvalue weighted by Gasteiger charge is 2.52. The molecule has 2 aliphatic heterocycles. The van der Waals surface area contributed by atoms with Gasteiger partial charge in [0.2, 0.25) is 0 Å². The van der Waals surface area contributed by atoms with Crippen LogP contribution >= 0.6 is 35.4 Å². The summed E-state index contributed by atoms with van der Waals surface area (Å²) in [5.74, 6) is 0.907. The average molecular weight is 317 g/mol. The van der Waals surface area contributed by atoms with Crippen LogP contribution in [0.2, 0.25) is 10.0 Å². The molecule has 2 heterocycles. The highest BCUT2D eigenvalue weighted by Crippen LogP contribution is 2.50. The van der Waals surface area contributed by atoms with E-state index in [-0.39, 0.29) is 12.0 Å². The van der Waals surface area contributed by atoms with Crippen molar-refractivity contribution in [2.24, 2.45) is 5.92 Å². The Labute approximate surface area is 127 Å². The minimum atomic E-state index is -0.503. The highest BCUT2D eigenvalue weighted by molar-refractivity contribution is 7.80. The Morgan fingerprint density at radius 3 is 2.79 bits per heavy atom. The number of thiocarbonyl (C=S) groups is 1. The zero-order valence-electron chi connectivity index (χ0n) is 10.8. The molecule has 2 bridgehead atoms. The van der Waals surface area contributed by atoms with E-state index in [0.717, 1.165) is 5.56 Å². The predicted octanol–water partition coefficient (Wildman–Crippen LogP) is 3.60. The van der Waals surface area contributed by atoms with Gasteiger partial charge in [-0.1, -0.05) is 30.1 Å². The molecule has 1 fully saturated rings. The van der Waals surface area contributed by atoms with E-state index in [1.165, 1.54) is 0 Å². The Hall–Kier alpha value is -0.710. The van der Waals surface area contributed by atoms with Crippen molar-refractivity contribution in [1.29, 1.82) is 0 Å². The molecule has 2 aliphatic rings. The fourth-order valence-electron chi connectivity index (χ4n) is 2.81. The van der Waals surface area contributed by atoms with Crippen LogP contribution < -0.4 is 10.1 Å². The number of fused-ring (bicyclic) bond motifs is 4. The molecule has 3 rings (SSSR count). The summed E-state index contributed by atoms with van der Waals surface area (Å²) in [7, 11) is 1.93. The smallest absolute Gasteiger partial charge is 0.186 e. The van der Waals surface area contributed by atoms with Crippen molar-refractivity contribution in [1.82, 2.24) is 10.2 Å². The van der Waals surface area contributed by atoms with E-state index >= 15 is 0 Å². The number of rotatable bonds is 0. The molecule has 0 radical (unpaired) electrons. The zero-order valence-corrected chi connectivity index (χ0v) is 13.2. The van der Waals surface area contributed by atoms with Gasteiger partial charge in [-0.2, -0.15) is 0 Å². The predicted molar refractivity (Wildman–Crippen MR) is 80.9 cm³/mol. The summed E-state index contributed by atoms with van der Waals surface area (Å²) < 4.78 is 6.18. The summed E-state index contributed by atoms with van der Waals surface area (Å²) >= 11 is 17.7. The quantitative estimate of drug-likeness (QED) is 0.739. The molecular weight excluding hydrogens is 303 g/mol. The summed E-state index contributed by atoms with van der Waals surface area (Å²) in [4.78, 5) is 1.94. The van der Waals surface area contributed by atoms with Crippen molar-refractivity contribution in [3.8, 4) is 5.75 Å². The topological polar surface area (TPSA) is 24.5 Å². The molecule has 6 heteroatoms. The van der Waals surface area contributed by atoms with Crippen LogP contribution in [0.3, 0.4) is 0 Å². The van der Waals surface area contributed by atoms with Gasteiger partial charge in [-0.25, -0.2) is 0 Å². The van der Waals surface area contributed by atoms with Crippen molar-refractivity contribution in [3.05, 3.63) is 27.7 Å². The Balaban J connectivity index is 2.22. The van der Waals surface area contributed by atoms with Crippen molar-refractivity contribution >= 4 is 40.5 Å². The van der Waals surface area contributed by atoms with E-state index in [1.54, 1.807) is 6.07 Å². The third-order valence-corrected chi connectivity index (χ3v) is 5.17. The molecule has 0 saturated carbocycles. The first kappa shape index (κ1) is 13.3. The second kappa shape index (κ2) is 4.14. The average Bonchev–Trinajstić information content (AvgIpc) is 2.34. The second-order valence-corrected chi connectivity index (χ2v) is 6.47. The third-order valence-electron chi connectivity index (χ3n) is 4.28. The summed E-state index contributed by atoms with van der Waals surface area (Å²) in [6, 6.07) is 3.66. The van der Waals surface area contributed by atoms with Crippen LogP contribution in [-0.2, 0) is 0 Å². The second-order valence-electron chi connectivity index (χ2n) is 5.24. The minimum absolute atomic E-state index is 0.0636. The number of nitrogens with one attached hydrogen (secondary N) is 1. The number of benzene rings is 1. The molecule has 0 amide bonds. The van der Waals surface area contributed by atoms with E-state index in [1.807, 2.05) is 24.9 Å². The summed E-state index contributed by atoms with van der Waals surface area (Å²) in [5.41, 5.74) is 0.468. The lowest BCUT2D eigenvalue weighted by Crippen LogP contribution is -2.67. The molecule has 3 nitrogen and oxygen atoms in total. The largest absolute Gasteiger partial charge is 0.466 e. The molecular formula is C13H14Cl2N2OS. The molecule has 1 aromatic rings. The van der Waals surface area contributed by atoms with Crippen LogP contribution in [0.1, 0.15) is 25.5 Å². The standard InChI is InChI=1S/C13H14Cl2N2OS/c1-6-10-8-4-7(14)5-9(15)11(8)18-13(6,2)17(3)12(19)16-10/h4-6,10H,1-3H3,(H,16,19). The van der Waals surface area contributed by atoms with Gasteiger partial charge in [-0.3, -0.25) is 0 Å². The van der Waals surface area contributed by atoms with Crippen LogP contribution in [0.5, 0.6) is 5.75 Å². The number of hydrogen-bond acceptors (Lipinski definition) is 2. The van der Waals surface area contributed by atoms with Gasteiger partial charge in [0, 0.05) is 23.6 Å². The lowest BCUT2D eigenvalue weighted by atomic mass is 9.81. The Bertz CT molecular complexity index is 580. The molecule has 19 heavy (non-hydrogen) atoms. The van der Waals surface area contributed by atoms with Gasteiger partial charge in [0.1, 0.15) is 5.75 Å². The maximum absolute atomic E-state index is 6.26. The summed E-state index contributed by atoms with van der Waals surface area (Å²) in [6.45, 7) is 4.17. The Morgan fingerprint density at radius 1 is 1.42 bits per heavy atom. The van der Waals surface area contributed by atoms with Gasteiger partial charge in [-0.05, 0) is 31.3 Å². The highest BCUT2D eigenvalue weighted by atomic mass is 35.5. The number of halogens is 2. The first-order chi connectivity index (χ1) is 8.84. The van der Waals surface area contributed by atoms with Crippen molar-refractivity contribution in [3.63, 3.8) is 0 Å². The number of hydrogen-bond donors (Lipinski definition) is 1. The van der Waals surface area contributed by atoms with Crippen LogP contribution in [0.4, 0.5) is 0 Å². The van der Waals surface area contributed by atoms with Gasteiger partial charge in [0.25, 0.3) is 0 Å². The van der Waals surface area contributed by atoms with Crippen LogP contribution in [-0.4, -0.2) is 22.8 Å². The molecule has 1 aromatic carbocycles. The van der Waals surface area contributed by atoms with Crippen LogP contribution in [0, 0.1) is 5.92 Å². The molecule has 1 saturated heterocycles. The number of nitrogens with zero attached hydrogens (tertiary/aromatic N) is 1. The molecule has 0 aliphatic carbocycles. The van der Waals surface area contributed by atoms with Gasteiger partial charge < -0.3 is 15.0 Å². The fraction of sp³-hybridized carbons (Fsp3) is 0.462. The van der Waals surface area contributed by atoms with Gasteiger partial charge >= 0.3 is 0 Å². The molecule has 3 atom stereocenters. The minimum Gasteiger partial charge on any atom is -0.466 e. The van der Waals surface area contributed by atoms with Crippen molar-refractivity contribution in [2.45, 2.75) is 25.6 Å². The summed E-state index contributed by atoms with van der Waals surface area (Å²) in [6.07, 6.45) is 0. The van der Waals surface area contributed by atoms with Gasteiger partial charge in [0.15, 0.2) is 10.8 Å². The lowest BCUT2D eigenvalue weighted by molar-refractivity contribution is -0.0997. The monoisotopic (exact) mass is 316 g/mol. The summed E-state index contributed by atoms with van der Waals surface area (Å²) in [5, 5.41) is 5.16. The first-order valence-electron chi connectivity index (χ1n) is 6.07. The first-order valence-corrected chi connectivity index (χ1v) is 7.23. The van der Waals surface area contributed by atoms with E-state index in [9.17, 15) is 0 Å². The molecule has 0 aromatic heterocycles. The van der Waals surface area contributed by atoms with E-state index in [4.69, 9.17) is 40.2 Å². The molecule has 0 spiro atoms. The normalized spacial score (nSPS) is 32.5. The van der Waals surface area contributed by atoms with Crippen LogP contribution in [0.25, 0.3) is 0 Å². The fourth-order valence-corrected chi connectivity index (χ4v) is 3.66. The third kappa shape index (κ3) is 1.73. The number of ether oxygens (including phenoxy) is 1. The lowest BCUT2D eigenvalue weighted by Gasteiger charge is -2.55. The van der Waals surface area contributed by atoms with Gasteiger partial charge in [0.05, 0.1) is 11.1 Å². The molecule has 3 unspecified atom stereocenters. The Morgan fingerprint density at radius 2 is 2.11 bits per heavy atom. The van der Waals surface area contributed by atoms with Crippen LogP contribution in [0.15, 0.2) is 12.1 Å². The molecule has 102 valence electrons. The van der Waals surface area contributed by atoms with Crippen molar-refractivity contribution in [2.75, 3.05) is 7.05 Å². The van der Waals surface area contributed by atoms with Gasteiger partial charge in [-0.15, -0.1) is 0 Å². The zero-order chi connectivity index (χ0) is 13.9. The molecule has 1 N–H and O–H groups in total. The van der Waals surface area contributed by atoms with E-state index in [2.05, 4.69) is 12.2 Å². The van der Waals surface area contributed by atoms with E-state index in [0.29, 0.717) is 20.9 Å². The Kier molecular flexibility index (Phi) is 2.89. The van der Waals surface area contributed by atoms with Crippen molar-refractivity contribution < 1.29 is 4.74 Å². The maximum Gasteiger partial charge on any atom is 0.186 e.